The van der Waals surface area contributed by atoms with Gasteiger partial charge in [-0.15, -0.1) is 0 Å². The summed E-state index contributed by atoms with van der Waals surface area (Å²) in [6.07, 6.45) is 0.948. The van der Waals surface area contributed by atoms with E-state index in [1.807, 2.05) is 24.3 Å². The Balaban J connectivity index is 1.64. The van der Waals surface area contributed by atoms with Gasteiger partial charge in [0.2, 0.25) is 0 Å². The summed E-state index contributed by atoms with van der Waals surface area (Å²) in [5.74, 6) is 0.905. The zero-order chi connectivity index (χ0) is 13.9. The molecule has 0 fully saturated rings. The summed E-state index contributed by atoms with van der Waals surface area (Å²) in [4.78, 5) is 12.0. The summed E-state index contributed by atoms with van der Waals surface area (Å²) in [6, 6.07) is 13.4. The van der Waals surface area contributed by atoms with Crippen molar-refractivity contribution >= 4 is 21.8 Å². The van der Waals surface area contributed by atoms with Crippen LogP contribution in [0.25, 0.3) is 0 Å². The first kappa shape index (κ1) is 13.2. The molecule has 0 saturated heterocycles. The Labute approximate surface area is 126 Å². The molecule has 1 N–H and O–H groups in total. The largest absolute Gasteiger partial charge is 0.493 e. The standard InChI is InChI=1S/C16H14BrNO2/c17-14-4-2-12(3-5-14)16(19)18-10-11-1-6-15-13(9-11)7-8-20-15/h1-6,9H,7-8,10H2,(H,18,19). The lowest BCUT2D eigenvalue weighted by Crippen LogP contribution is -2.22. The van der Waals surface area contributed by atoms with Gasteiger partial charge in [0.15, 0.2) is 0 Å². The smallest absolute Gasteiger partial charge is 0.251 e. The SMILES string of the molecule is O=C(NCc1ccc2c(c1)CCO2)c1ccc(Br)cc1. The van der Waals surface area contributed by atoms with Crippen LogP contribution in [-0.4, -0.2) is 12.5 Å². The number of carbonyl (C=O) groups excluding carboxylic acids is 1. The first-order valence-corrected chi connectivity index (χ1v) is 7.30. The van der Waals surface area contributed by atoms with E-state index >= 15 is 0 Å². The molecule has 1 aliphatic rings. The number of nitrogens with one attached hydrogen (secondary N) is 1. The number of fused-ring (bicyclic) bond motifs is 1. The van der Waals surface area contributed by atoms with Crippen LogP contribution in [0.4, 0.5) is 0 Å². The van der Waals surface area contributed by atoms with Crippen molar-refractivity contribution in [3.05, 3.63) is 63.6 Å². The molecule has 3 rings (SSSR count). The summed E-state index contributed by atoms with van der Waals surface area (Å²) < 4.78 is 6.43. The van der Waals surface area contributed by atoms with Gasteiger partial charge in [-0.2, -0.15) is 0 Å². The Bertz CT molecular complexity index is 637. The monoisotopic (exact) mass is 331 g/mol. The quantitative estimate of drug-likeness (QED) is 0.936. The van der Waals surface area contributed by atoms with Gasteiger partial charge in [-0.1, -0.05) is 28.1 Å². The van der Waals surface area contributed by atoms with Gasteiger partial charge in [-0.05, 0) is 41.5 Å². The fourth-order valence-corrected chi connectivity index (χ4v) is 2.50. The molecule has 102 valence electrons. The summed E-state index contributed by atoms with van der Waals surface area (Å²) >= 11 is 3.36. The molecule has 1 amide bonds. The van der Waals surface area contributed by atoms with Crippen molar-refractivity contribution in [2.45, 2.75) is 13.0 Å². The van der Waals surface area contributed by atoms with Crippen LogP contribution < -0.4 is 10.1 Å². The number of halogens is 1. The van der Waals surface area contributed by atoms with Gasteiger partial charge in [0.1, 0.15) is 5.75 Å². The van der Waals surface area contributed by atoms with Gasteiger partial charge in [0, 0.05) is 23.0 Å². The number of amides is 1. The van der Waals surface area contributed by atoms with E-state index in [1.54, 1.807) is 12.1 Å². The Kier molecular flexibility index (Phi) is 3.74. The molecular weight excluding hydrogens is 318 g/mol. The fraction of sp³-hybridized carbons (Fsp3) is 0.188. The second kappa shape index (κ2) is 5.67. The number of hydrogen-bond donors (Lipinski definition) is 1. The van der Waals surface area contributed by atoms with E-state index in [9.17, 15) is 4.79 Å². The zero-order valence-electron chi connectivity index (χ0n) is 10.9. The summed E-state index contributed by atoms with van der Waals surface area (Å²) in [7, 11) is 0. The highest BCUT2D eigenvalue weighted by atomic mass is 79.9. The van der Waals surface area contributed by atoms with Crippen molar-refractivity contribution in [3.63, 3.8) is 0 Å². The first-order valence-electron chi connectivity index (χ1n) is 6.51. The van der Waals surface area contributed by atoms with E-state index < -0.39 is 0 Å². The highest BCUT2D eigenvalue weighted by Crippen LogP contribution is 2.25. The molecule has 4 heteroatoms. The highest BCUT2D eigenvalue weighted by molar-refractivity contribution is 9.10. The molecule has 1 heterocycles. The Morgan fingerprint density at radius 1 is 1.20 bits per heavy atom. The maximum absolute atomic E-state index is 12.0. The number of ether oxygens (including phenoxy) is 1. The van der Waals surface area contributed by atoms with Gasteiger partial charge < -0.3 is 10.1 Å². The lowest BCUT2D eigenvalue weighted by atomic mass is 10.1. The van der Waals surface area contributed by atoms with Crippen molar-refractivity contribution in [2.75, 3.05) is 6.61 Å². The topological polar surface area (TPSA) is 38.3 Å². The van der Waals surface area contributed by atoms with Crippen LogP contribution in [0, 0.1) is 0 Å². The normalized spacial score (nSPS) is 12.7. The number of rotatable bonds is 3. The van der Waals surface area contributed by atoms with Crippen molar-refractivity contribution < 1.29 is 9.53 Å². The van der Waals surface area contributed by atoms with E-state index in [4.69, 9.17) is 4.74 Å². The molecule has 1 aliphatic heterocycles. The molecule has 0 unspecified atom stereocenters. The van der Waals surface area contributed by atoms with Crippen LogP contribution >= 0.6 is 15.9 Å². The molecule has 0 bridgehead atoms. The van der Waals surface area contributed by atoms with Crippen molar-refractivity contribution in [2.24, 2.45) is 0 Å². The average molecular weight is 332 g/mol. The lowest BCUT2D eigenvalue weighted by Gasteiger charge is -2.07. The van der Waals surface area contributed by atoms with E-state index in [0.717, 1.165) is 28.8 Å². The third-order valence-corrected chi connectivity index (χ3v) is 3.84. The maximum Gasteiger partial charge on any atom is 0.251 e. The second-order valence-electron chi connectivity index (χ2n) is 4.73. The minimum atomic E-state index is -0.0609. The molecule has 0 aromatic heterocycles. The molecule has 3 nitrogen and oxygen atoms in total. The van der Waals surface area contributed by atoms with Crippen LogP contribution in [0.2, 0.25) is 0 Å². The fourth-order valence-electron chi connectivity index (χ4n) is 2.24. The molecule has 0 saturated carbocycles. The molecule has 0 aliphatic carbocycles. The molecule has 0 radical (unpaired) electrons. The average Bonchev–Trinajstić information content (AvgIpc) is 2.93. The third kappa shape index (κ3) is 2.85. The van der Waals surface area contributed by atoms with Crippen molar-refractivity contribution in [1.82, 2.24) is 5.32 Å². The molecule has 0 atom stereocenters. The second-order valence-corrected chi connectivity index (χ2v) is 5.65. The molecule has 2 aromatic rings. The third-order valence-electron chi connectivity index (χ3n) is 3.31. The number of carbonyl (C=O) groups is 1. The Morgan fingerprint density at radius 2 is 2.00 bits per heavy atom. The van der Waals surface area contributed by atoms with Crippen LogP contribution in [0.1, 0.15) is 21.5 Å². The van der Waals surface area contributed by atoms with E-state index in [0.29, 0.717) is 12.1 Å². The minimum absolute atomic E-state index is 0.0609. The van der Waals surface area contributed by atoms with Gasteiger partial charge in [-0.3, -0.25) is 4.79 Å². The summed E-state index contributed by atoms with van der Waals surface area (Å²) in [5.41, 5.74) is 2.98. The van der Waals surface area contributed by atoms with E-state index in [-0.39, 0.29) is 5.91 Å². The van der Waals surface area contributed by atoms with Crippen LogP contribution in [-0.2, 0) is 13.0 Å². The lowest BCUT2D eigenvalue weighted by molar-refractivity contribution is 0.0951. The zero-order valence-corrected chi connectivity index (χ0v) is 12.4. The number of hydrogen-bond acceptors (Lipinski definition) is 2. The van der Waals surface area contributed by atoms with Gasteiger partial charge in [-0.25, -0.2) is 0 Å². The first-order chi connectivity index (χ1) is 9.72. The van der Waals surface area contributed by atoms with E-state index in [1.165, 1.54) is 5.56 Å². The van der Waals surface area contributed by atoms with Crippen LogP contribution in [0.3, 0.4) is 0 Å². The summed E-state index contributed by atoms with van der Waals surface area (Å²) in [6.45, 7) is 1.28. The minimum Gasteiger partial charge on any atom is -0.493 e. The highest BCUT2D eigenvalue weighted by Gasteiger charge is 2.12. The predicted molar refractivity (Wildman–Crippen MR) is 81.0 cm³/mol. The van der Waals surface area contributed by atoms with Crippen LogP contribution in [0.15, 0.2) is 46.9 Å². The van der Waals surface area contributed by atoms with Crippen molar-refractivity contribution in [3.8, 4) is 5.75 Å². The molecule has 2 aromatic carbocycles. The van der Waals surface area contributed by atoms with Crippen LogP contribution in [0.5, 0.6) is 5.75 Å². The summed E-state index contributed by atoms with van der Waals surface area (Å²) in [5, 5.41) is 2.93. The Morgan fingerprint density at radius 3 is 2.80 bits per heavy atom. The molecular formula is C16H14BrNO2. The molecule has 0 spiro atoms. The van der Waals surface area contributed by atoms with Gasteiger partial charge in [0.25, 0.3) is 5.91 Å². The predicted octanol–water partition coefficient (Wildman–Crippen LogP) is 3.31. The number of benzene rings is 2. The van der Waals surface area contributed by atoms with Crippen molar-refractivity contribution in [1.29, 1.82) is 0 Å². The van der Waals surface area contributed by atoms with E-state index in [2.05, 4.69) is 27.3 Å². The molecule has 20 heavy (non-hydrogen) atoms. The van der Waals surface area contributed by atoms with Gasteiger partial charge in [0.05, 0.1) is 6.61 Å². The maximum atomic E-state index is 12.0. The van der Waals surface area contributed by atoms with Gasteiger partial charge >= 0.3 is 0 Å². The Hall–Kier alpha value is -1.81.